The number of carbonyl (C=O) groups excluding carboxylic acids is 1. The quantitative estimate of drug-likeness (QED) is 0.349. The van der Waals surface area contributed by atoms with Crippen molar-refractivity contribution in [3.63, 3.8) is 0 Å². The van der Waals surface area contributed by atoms with E-state index in [2.05, 4.69) is 81.9 Å². The molecule has 1 fully saturated rings. The van der Waals surface area contributed by atoms with Crippen molar-refractivity contribution in [3.8, 4) is 0 Å². The normalized spacial score (nSPS) is 18.5. The fourth-order valence-corrected chi connectivity index (χ4v) is 6.13. The fourth-order valence-electron chi connectivity index (χ4n) is 4.95. The van der Waals surface area contributed by atoms with Crippen LogP contribution in [0.15, 0.2) is 90.1 Å². The van der Waals surface area contributed by atoms with Crippen molar-refractivity contribution in [3.05, 3.63) is 96.1 Å². The third-order valence-corrected chi connectivity index (χ3v) is 7.66. The Labute approximate surface area is 211 Å². The van der Waals surface area contributed by atoms with Gasteiger partial charge in [0.05, 0.1) is 17.1 Å². The molecule has 2 N–H and O–H groups in total. The van der Waals surface area contributed by atoms with Gasteiger partial charge in [-0.15, -0.1) is 0 Å². The minimum absolute atomic E-state index is 0.116. The van der Waals surface area contributed by atoms with Gasteiger partial charge in [-0.25, -0.2) is 4.98 Å². The zero-order valence-corrected chi connectivity index (χ0v) is 21.0. The Bertz CT molecular complexity index is 1180. The first-order chi connectivity index (χ1) is 17.1. The highest BCUT2D eigenvalue weighted by molar-refractivity contribution is 7.99. The molecule has 5 rings (SSSR count). The number of hydrogen-bond donors (Lipinski definition) is 2. The molecule has 1 aliphatic rings. The van der Waals surface area contributed by atoms with E-state index in [0.717, 1.165) is 35.7 Å². The van der Waals surface area contributed by atoms with Gasteiger partial charge in [-0.05, 0) is 43.5 Å². The van der Waals surface area contributed by atoms with E-state index in [0.29, 0.717) is 0 Å². The first-order valence-electron chi connectivity index (χ1n) is 12.3. The van der Waals surface area contributed by atoms with E-state index in [1.807, 2.05) is 32.0 Å². The summed E-state index contributed by atoms with van der Waals surface area (Å²) >= 11 is 1.75. The van der Waals surface area contributed by atoms with Gasteiger partial charge in [0, 0.05) is 30.3 Å². The molecule has 1 amide bonds. The number of benzene rings is 3. The smallest absolute Gasteiger partial charge is 0.237 e. The standard InChI is InChI=1S/C29H32N4OS/c1-20(2)30-28(34)27-17-23(35-29-31-25-15-9-10-16-26(25)32-29)18-33(27)19-24(21-11-5-3-6-12-21)22-13-7-4-8-14-22/h3-16,20,23-24,27H,17-19H2,1-2H3,(H,30,34)(H,31,32)/t23-,27-/m0/s1. The third kappa shape index (κ3) is 5.60. The maximum absolute atomic E-state index is 13.3. The summed E-state index contributed by atoms with van der Waals surface area (Å²) < 4.78 is 0. The van der Waals surface area contributed by atoms with Crippen LogP contribution in [-0.4, -0.2) is 51.2 Å². The number of imidazole rings is 1. The number of amides is 1. The zero-order chi connectivity index (χ0) is 24.2. The molecule has 5 nitrogen and oxygen atoms in total. The van der Waals surface area contributed by atoms with Crippen molar-refractivity contribution < 1.29 is 4.79 Å². The summed E-state index contributed by atoms with van der Waals surface area (Å²) in [6, 6.07) is 29.3. The molecule has 1 aromatic heterocycles. The SMILES string of the molecule is CC(C)NC(=O)[C@@H]1C[C@H](Sc2nc3ccccc3[nH]2)CN1CC(c1ccccc1)c1ccccc1. The molecule has 1 saturated heterocycles. The number of carbonyl (C=O) groups is 1. The lowest BCUT2D eigenvalue weighted by molar-refractivity contribution is -0.126. The molecule has 2 atom stereocenters. The molecule has 180 valence electrons. The van der Waals surface area contributed by atoms with Crippen LogP contribution < -0.4 is 5.32 Å². The molecule has 35 heavy (non-hydrogen) atoms. The number of likely N-dealkylation sites (tertiary alicyclic amines) is 1. The monoisotopic (exact) mass is 484 g/mol. The van der Waals surface area contributed by atoms with Crippen molar-refractivity contribution in [2.75, 3.05) is 13.1 Å². The van der Waals surface area contributed by atoms with E-state index in [1.165, 1.54) is 11.1 Å². The molecule has 0 spiro atoms. The topological polar surface area (TPSA) is 61.0 Å². The molecule has 0 unspecified atom stereocenters. The number of thioether (sulfide) groups is 1. The first-order valence-corrected chi connectivity index (χ1v) is 13.2. The number of nitrogens with zero attached hydrogens (tertiary/aromatic N) is 2. The first kappa shape index (κ1) is 23.6. The summed E-state index contributed by atoms with van der Waals surface area (Å²) in [4.78, 5) is 23.9. The van der Waals surface area contributed by atoms with Crippen LogP contribution in [0.25, 0.3) is 11.0 Å². The number of fused-ring (bicyclic) bond motifs is 1. The van der Waals surface area contributed by atoms with Gasteiger partial charge in [0.15, 0.2) is 5.16 Å². The Hall–Kier alpha value is -3.09. The highest BCUT2D eigenvalue weighted by Crippen LogP contribution is 2.35. The number of aromatic amines is 1. The molecule has 3 aromatic carbocycles. The van der Waals surface area contributed by atoms with E-state index < -0.39 is 0 Å². The predicted molar refractivity (Wildman–Crippen MR) is 144 cm³/mol. The lowest BCUT2D eigenvalue weighted by Gasteiger charge is -2.29. The van der Waals surface area contributed by atoms with Crippen molar-refractivity contribution in [2.45, 2.75) is 48.7 Å². The Morgan fingerprint density at radius 1 is 1.00 bits per heavy atom. The summed E-state index contributed by atoms with van der Waals surface area (Å²) in [6.07, 6.45) is 0.802. The average molecular weight is 485 g/mol. The lowest BCUT2D eigenvalue weighted by atomic mass is 9.90. The van der Waals surface area contributed by atoms with Gasteiger partial charge in [-0.3, -0.25) is 9.69 Å². The largest absolute Gasteiger partial charge is 0.353 e. The number of H-pyrrole nitrogens is 1. The number of rotatable bonds is 8. The van der Waals surface area contributed by atoms with Crippen molar-refractivity contribution in [1.82, 2.24) is 20.2 Å². The molecule has 4 aromatic rings. The van der Waals surface area contributed by atoms with Crippen LogP contribution in [0, 0.1) is 0 Å². The van der Waals surface area contributed by atoms with Gasteiger partial charge in [0.1, 0.15) is 0 Å². The molecular weight excluding hydrogens is 452 g/mol. The summed E-state index contributed by atoms with van der Waals surface area (Å²) in [5, 5.41) is 4.36. The van der Waals surface area contributed by atoms with Crippen molar-refractivity contribution in [1.29, 1.82) is 0 Å². The van der Waals surface area contributed by atoms with Crippen LogP contribution in [0.3, 0.4) is 0 Å². The fraction of sp³-hybridized carbons (Fsp3) is 0.310. The van der Waals surface area contributed by atoms with Gasteiger partial charge in [0.2, 0.25) is 5.91 Å². The van der Waals surface area contributed by atoms with Crippen LogP contribution >= 0.6 is 11.8 Å². The Morgan fingerprint density at radius 3 is 2.26 bits per heavy atom. The maximum Gasteiger partial charge on any atom is 0.237 e. The van der Waals surface area contributed by atoms with E-state index in [1.54, 1.807) is 11.8 Å². The van der Waals surface area contributed by atoms with Crippen LogP contribution in [0.5, 0.6) is 0 Å². The van der Waals surface area contributed by atoms with Crippen LogP contribution in [-0.2, 0) is 4.79 Å². The molecule has 0 saturated carbocycles. The van der Waals surface area contributed by atoms with Gasteiger partial charge < -0.3 is 10.3 Å². The Balaban J connectivity index is 1.40. The molecule has 0 radical (unpaired) electrons. The molecule has 1 aliphatic heterocycles. The third-order valence-electron chi connectivity index (χ3n) is 6.57. The van der Waals surface area contributed by atoms with Gasteiger partial charge in [-0.1, -0.05) is 84.6 Å². The van der Waals surface area contributed by atoms with Gasteiger partial charge in [0.25, 0.3) is 0 Å². The highest BCUT2D eigenvalue weighted by atomic mass is 32.2. The number of para-hydroxylation sites is 2. The summed E-state index contributed by atoms with van der Waals surface area (Å²) in [5.74, 6) is 0.314. The second kappa shape index (κ2) is 10.7. The average Bonchev–Trinajstić information content (AvgIpc) is 3.46. The molecule has 6 heteroatoms. The molecular formula is C29H32N4OS. The van der Waals surface area contributed by atoms with E-state index in [4.69, 9.17) is 4.98 Å². The molecule has 2 heterocycles. The van der Waals surface area contributed by atoms with Crippen LogP contribution in [0.2, 0.25) is 0 Å². The van der Waals surface area contributed by atoms with E-state index >= 15 is 0 Å². The lowest BCUT2D eigenvalue weighted by Crippen LogP contribution is -2.46. The molecule has 0 bridgehead atoms. The van der Waals surface area contributed by atoms with Gasteiger partial charge in [-0.2, -0.15) is 0 Å². The number of nitrogens with one attached hydrogen (secondary N) is 2. The highest BCUT2D eigenvalue weighted by Gasteiger charge is 2.39. The summed E-state index contributed by atoms with van der Waals surface area (Å²) in [6.45, 7) is 5.68. The van der Waals surface area contributed by atoms with Crippen LogP contribution in [0.4, 0.5) is 0 Å². The Morgan fingerprint density at radius 2 is 1.63 bits per heavy atom. The predicted octanol–water partition coefficient (Wildman–Crippen LogP) is 5.45. The van der Waals surface area contributed by atoms with Crippen molar-refractivity contribution >= 4 is 28.7 Å². The minimum Gasteiger partial charge on any atom is -0.353 e. The second-order valence-corrected chi connectivity index (χ2v) is 10.8. The Kier molecular flexibility index (Phi) is 7.21. The van der Waals surface area contributed by atoms with E-state index in [-0.39, 0.29) is 29.2 Å². The molecule has 0 aliphatic carbocycles. The van der Waals surface area contributed by atoms with Crippen LogP contribution in [0.1, 0.15) is 37.3 Å². The van der Waals surface area contributed by atoms with Gasteiger partial charge >= 0.3 is 0 Å². The summed E-state index contributed by atoms with van der Waals surface area (Å²) in [7, 11) is 0. The number of aromatic nitrogens is 2. The zero-order valence-electron chi connectivity index (χ0n) is 20.2. The number of hydrogen-bond acceptors (Lipinski definition) is 4. The second-order valence-electron chi connectivity index (χ2n) is 9.54. The maximum atomic E-state index is 13.3. The minimum atomic E-state index is -0.158. The van der Waals surface area contributed by atoms with Crippen molar-refractivity contribution in [2.24, 2.45) is 0 Å². The van der Waals surface area contributed by atoms with E-state index in [9.17, 15) is 4.79 Å². The summed E-state index contributed by atoms with van der Waals surface area (Å²) in [5.41, 5.74) is 4.57.